The molecule has 0 fully saturated rings. The fourth-order valence-corrected chi connectivity index (χ4v) is 6.42. The Labute approximate surface area is 270 Å². The van der Waals surface area contributed by atoms with Crippen molar-refractivity contribution in [1.29, 1.82) is 0 Å². The molecule has 0 spiro atoms. The molecular formula is C38H33BrN4O2. The summed E-state index contributed by atoms with van der Waals surface area (Å²) in [6.07, 6.45) is 11.5. The largest absolute Gasteiger partial charge is 0.497 e. The number of unbranched alkanes of at least 4 members (excludes halogenated alkanes) is 1. The van der Waals surface area contributed by atoms with E-state index in [4.69, 9.17) is 19.4 Å². The number of H-pyrrole nitrogens is 2. The van der Waals surface area contributed by atoms with Gasteiger partial charge < -0.3 is 19.4 Å². The average Bonchev–Trinajstić information content (AvgIpc) is 3.91. The Kier molecular flexibility index (Phi) is 7.86. The molecule has 0 radical (unpaired) electrons. The molecule has 0 saturated heterocycles. The molecule has 7 heteroatoms. The first kappa shape index (κ1) is 28.9. The first-order valence-corrected chi connectivity index (χ1v) is 15.9. The summed E-state index contributed by atoms with van der Waals surface area (Å²) < 4.78 is 11.8. The predicted octanol–water partition coefficient (Wildman–Crippen LogP) is 10.1. The molecule has 5 heterocycles. The number of benzene rings is 2. The van der Waals surface area contributed by atoms with Gasteiger partial charge in [-0.1, -0.05) is 37.6 Å². The molecule has 2 aliphatic rings. The van der Waals surface area contributed by atoms with Crippen LogP contribution in [-0.2, 0) is 6.42 Å². The van der Waals surface area contributed by atoms with Gasteiger partial charge in [0, 0.05) is 33.2 Å². The lowest BCUT2D eigenvalue weighted by atomic mass is 10.0. The molecule has 2 aromatic carbocycles. The summed E-state index contributed by atoms with van der Waals surface area (Å²) in [5.74, 6) is 1.63. The number of nitrogens with one attached hydrogen (secondary N) is 2. The molecule has 45 heavy (non-hydrogen) atoms. The first-order chi connectivity index (χ1) is 22.1. The van der Waals surface area contributed by atoms with E-state index >= 15 is 0 Å². The number of nitrogens with zero attached hydrogens (tertiary/aromatic N) is 2. The Hall–Kier alpha value is -4.88. The third-order valence-electron chi connectivity index (χ3n) is 8.34. The summed E-state index contributed by atoms with van der Waals surface area (Å²) in [4.78, 5) is 17.8. The number of rotatable bonds is 7. The maximum absolute atomic E-state index is 5.45. The number of ether oxygens (including phenoxy) is 2. The summed E-state index contributed by atoms with van der Waals surface area (Å²) in [5.41, 5.74) is 12.9. The lowest BCUT2D eigenvalue weighted by molar-refractivity contribution is 0.415. The lowest BCUT2D eigenvalue weighted by Gasteiger charge is -2.07. The second kappa shape index (κ2) is 12.3. The van der Waals surface area contributed by atoms with Crippen LogP contribution in [0.3, 0.4) is 0 Å². The zero-order valence-electron chi connectivity index (χ0n) is 25.4. The van der Waals surface area contributed by atoms with Crippen molar-refractivity contribution in [2.45, 2.75) is 26.2 Å². The van der Waals surface area contributed by atoms with Crippen molar-refractivity contribution in [3.05, 3.63) is 106 Å². The van der Waals surface area contributed by atoms with E-state index in [-0.39, 0.29) is 0 Å². The number of aryl methyl sites for hydroxylation is 1. The van der Waals surface area contributed by atoms with Crippen LogP contribution in [0.2, 0.25) is 0 Å². The van der Waals surface area contributed by atoms with E-state index in [1.807, 2.05) is 24.3 Å². The van der Waals surface area contributed by atoms with Crippen LogP contribution >= 0.6 is 15.9 Å². The number of fused-ring (bicyclic) bond motifs is 8. The SMILES string of the molecule is CCCCc1c2nc(c(-c3ccc(OC)cc3)c3ccc([nH]3)c(Br)c3nc(c(-c4ccc(OC)cc4)c4ccc1[nH]4)C=C3)C=C2. The number of hydrogen-bond donors (Lipinski definition) is 2. The van der Waals surface area contributed by atoms with Crippen molar-refractivity contribution in [2.75, 3.05) is 14.2 Å². The number of aromatic amines is 2. The van der Waals surface area contributed by atoms with Crippen LogP contribution in [-0.4, -0.2) is 34.2 Å². The molecule has 2 N–H and O–H groups in total. The minimum atomic E-state index is 0.814. The fraction of sp³-hybridized carbons (Fsp3) is 0.158. The van der Waals surface area contributed by atoms with Gasteiger partial charge in [0.2, 0.25) is 0 Å². The smallest absolute Gasteiger partial charge is 0.118 e. The molecular weight excluding hydrogens is 624 g/mol. The van der Waals surface area contributed by atoms with Crippen LogP contribution in [0.15, 0.2) is 77.3 Å². The Bertz CT molecular complexity index is 2080. The maximum atomic E-state index is 5.45. The van der Waals surface area contributed by atoms with Crippen LogP contribution in [0, 0.1) is 0 Å². The van der Waals surface area contributed by atoms with Crippen molar-refractivity contribution < 1.29 is 9.47 Å². The van der Waals surface area contributed by atoms with Gasteiger partial charge in [-0.2, -0.15) is 0 Å². The van der Waals surface area contributed by atoms with Crippen LogP contribution in [0.1, 0.15) is 48.1 Å². The van der Waals surface area contributed by atoms with E-state index < -0.39 is 0 Å². The van der Waals surface area contributed by atoms with Crippen LogP contribution in [0.25, 0.3) is 68.6 Å². The highest BCUT2D eigenvalue weighted by Gasteiger charge is 2.17. The zero-order valence-corrected chi connectivity index (χ0v) is 27.0. The van der Waals surface area contributed by atoms with Crippen LogP contribution in [0.4, 0.5) is 0 Å². The standard InChI is InChI=1S/C38H33BrN4O2/c1-4-5-6-27-28-15-17-30(40-28)36(23-7-11-25(44-2)12-8-23)32-19-21-34(42-32)38(39)35-22-20-33(43-35)37(31-18-16-29(27)41-31)24-9-13-26(45-3)14-10-24/h7-22,40,43H,4-6H2,1-3H3. The van der Waals surface area contributed by atoms with Gasteiger partial charge in [0.1, 0.15) is 11.5 Å². The summed E-state index contributed by atoms with van der Waals surface area (Å²) in [5, 5.41) is 0. The Morgan fingerprint density at radius 3 is 1.60 bits per heavy atom. The third-order valence-corrected chi connectivity index (χ3v) is 9.17. The summed E-state index contributed by atoms with van der Waals surface area (Å²) in [6.45, 7) is 2.22. The van der Waals surface area contributed by atoms with Gasteiger partial charge in [-0.05, 0) is 113 Å². The topological polar surface area (TPSA) is 75.8 Å². The minimum absolute atomic E-state index is 0.814. The van der Waals surface area contributed by atoms with Crippen molar-refractivity contribution in [3.63, 3.8) is 0 Å². The van der Waals surface area contributed by atoms with Gasteiger partial charge in [-0.25, -0.2) is 9.97 Å². The molecule has 0 saturated carbocycles. The Morgan fingerprint density at radius 1 is 0.578 bits per heavy atom. The number of aromatic nitrogens is 4. The van der Waals surface area contributed by atoms with Crippen molar-refractivity contribution >= 4 is 62.3 Å². The summed E-state index contributed by atoms with van der Waals surface area (Å²) in [6, 6.07) is 24.8. The summed E-state index contributed by atoms with van der Waals surface area (Å²) >= 11 is 3.86. The maximum Gasteiger partial charge on any atom is 0.118 e. The lowest BCUT2D eigenvalue weighted by Crippen LogP contribution is -1.92. The first-order valence-electron chi connectivity index (χ1n) is 15.2. The molecule has 224 valence electrons. The number of hydrogen-bond acceptors (Lipinski definition) is 4. The van der Waals surface area contributed by atoms with Gasteiger partial charge in [-0.3, -0.25) is 0 Å². The third kappa shape index (κ3) is 5.49. The highest BCUT2D eigenvalue weighted by molar-refractivity contribution is 9.10. The molecule has 8 bridgehead atoms. The molecule has 2 aliphatic heterocycles. The van der Waals surface area contributed by atoms with E-state index in [9.17, 15) is 0 Å². The van der Waals surface area contributed by atoms with Gasteiger partial charge in [-0.15, -0.1) is 0 Å². The van der Waals surface area contributed by atoms with Gasteiger partial charge >= 0.3 is 0 Å². The van der Waals surface area contributed by atoms with Gasteiger partial charge in [0.15, 0.2) is 0 Å². The number of halogens is 1. The average molecular weight is 658 g/mol. The van der Waals surface area contributed by atoms with Crippen LogP contribution < -0.4 is 9.47 Å². The van der Waals surface area contributed by atoms with E-state index in [1.165, 1.54) is 5.56 Å². The predicted molar refractivity (Wildman–Crippen MR) is 189 cm³/mol. The van der Waals surface area contributed by atoms with Crippen LogP contribution in [0.5, 0.6) is 11.5 Å². The zero-order chi connectivity index (χ0) is 30.9. The van der Waals surface area contributed by atoms with E-state index in [0.717, 1.165) is 102 Å². The van der Waals surface area contributed by atoms with E-state index in [2.05, 4.69) is 106 Å². The Morgan fingerprint density at radius 2 is 1.04 bits per heavy atom. The Balaban J connectivity index is 1.59. The van der Waals surface area contributed by atoms with Gasteiger partial charge in [0.05, 0.1) is 47.0 Å². The highest BCUT2D eigenvalue weighted by atomic mass is 79.9. The molecule has 3 aromatic heterocycles. The fourth-order valence-electron chi connectivity index (χ4n) is 5.97. The summed E-state index contributed by atoms with van der Waals surface area (Å²) in [7, 11) is 3.37. The second-order valence-electron chi connectivity index (χ2n) is 11.1. The minimum Gasteiger partial charge on any atom is -0.497 e. The monoisotopic (exact) mass is 656 g/mol. The highest BCUT2D eigenvalue weighted by Crippen LogP contribution is 2.36. The van der Waals surface area contributed by atoms with E-state index in [0.29, 0.717) is 0 Å². The van der Waals surface area contributed by atoms with Crippen molar-refractivity contribution in [3.8, 4) is 33.8 Å². The quantitative estimate of drug-likeness (QED) is 0.179. The van der Waals surface area contributed by atoms with E-state index in [1.54, 1.807) is 14.2 Å². The molecule has 0 amide bonds. The van der Waals surface area contributed by atoms with Gasteiger partial charge in [0.25, 0.3) is 0 Å². The van der Waals surface area contributed by atoms with Crippen molar-refractivity contribution in [2.24, 2.45) is 0 Å². The molecule has 6 nitrogen and oxygen atoms in total. The molecule has 0 atom stereocenters. The molecule has 0 aliphatic carbocycles. The normalized spacial score (nSPS) is 12.1. The van der Waals surface area contributed by atoms with Crippen molar-refractivity contribution in [1.82, 2.24) is 19.9 Å². The second-order valence-corrected chi connectivity index (χ2v) is 11.9. The molecule has 0 unspecified atom stereocenters. The number of methoxy groups -OCH3 is 2. The molecule has 7 rings (SSSR count). The molecule has 5 aromatic rings.